The monoisotopic (exact) mass is 476 g/mol. The van der Waals surface area contributed by atoms with Crippen molar-refractivity contribution in [1.82, 2.24) is 15.2 Å². The van der Waals surface area contributed by atoms with Gasteiger partial charge < -0.3 is 25.2 Å². The van der Waals surface area contributed by atoms with Crippen molar-refractivity contribution in [2.24, 2.45) is 0 Å². The van der Waals surface area contributed by atoms with E-state index in [-0.39, 0.29) is 19.8 Å². The number of pyridine rings is 1. The van der Waals surface area contributed by atoms with Crippen LogP contribution in [0.3, 0.4) is 0 Å². The Morgan fingerprint density at radius 2 is 2.06 bits per heavy atom. The summed E-state index contributed by atoms with van der Waals surface area (Å²) in [6, 6.07) is 2.53. The van der Waals surface area contributed by atoms with Crippen molar-refractivity contribution in [1.29, 1.82) is 0 Å². The summed E-state index contributed by atoms with van der Waals surface area (Å²) < 4.78 is 10.1. The molecular weight excluding hydrogens is 440 g/mol. The van der Waals surface area contributed by atoms with Crippen molar-refractivity contribution in [3.05, 3.63) is 23.4 Å². The van der Waals surface area contributed by atoms with E-state index in [0.717, 1.165) is 74.3 Å². The van der Waals surface area contributed by atoms with Gasteiger partial charge in [0.25, 0.3) is 0 Å². The highest BCUT2D eigenvalue weighted by molar-refractivity contribution is 5.89. The number of carboxylic acid groups (broad SMARTS) is 1. The number of carbonyl (C=O) groups is 3. The summed E-state index contributed by atoms with van der Waals surface area (Å²) in [6.45, 7) is 1.33. The summed E-state index contributed by atoms with van der Waals surface area (Å²) in [4.78, 5) is 41.9. The van der Waals surface area contributed by atoms with Gasteiger partial charge >= 0.3 is 12.1 Å². The summed E-state index contributed by atoms with van der Waals surface area (Å²) in [7, 11) is 1.28. The summed E-state index contributed by atoms with van der Waals surface area (Å²) in [5.74, 6) is -0.0329. The number of methoxy groups -OCH3 is 1. The van der Waals surface area contributed by atoms with Crippen LogP contribution in [-0.4, -0.2) is 78.5 Å². The Labute approximate surface area is 200 Å². The first kappa shape index (κ1) is 25.7. The van der Waals surface area contributed by atoms with E-state index in [1.807, 2.05) is 0 Å². The molecule has 10 heteroatoms. The number of ether oxygens (including phenoxy) is 2. The van der Waals surface area contributed by atoms with Crippen LogP contribution in [0.25, 0.3) is 0 Å². The van der Waals surface area contributed by atoms with Gasteiger partial charge in [0.05, 0.1) is 20.3 Å². The quantitative estimate of drug-likeness (QED) is 0.328. The fourth-order valence-corrected chi connectivity index (χ4v) is 4.40. The fraction of sp³-hybridized carbons (Fsp3) is 0.667. The van der Waals surface area contributed by atoms with Gasteiger partial charge in [-0.3, -0.25) is 9.69 Å². The highest BCUT2D eigenvalue weighted by atomic mass is 16.5. The van der Waals surface area contributed by atoms with Gasteiger partial charge in [-0.2, -0.15) is 0 Å². The number of nitrogens with one attached hydrogen (secondary N) is 2. The third-order valence-corrected chi connectivity index (χ3v) is 6.36. The number of unbranched alkanes of at least 4 members (excludes halogenated alkanes) is 4. The van der Waals surface area contributed by atoms with Crippen LogP contribution in [0.2, 0.25) is 0 Å². The summed E-state index contributed by atoms with van der Waals surface area (Å²) >= 11 is 0. The van der Waals surface area contributed by atoms with Gasteiger partial charge in [0.15, 0.2) is 0 Å². The predicted molar refractivity (Wildman–Crippen MR) is 126 cm³/mol. The molecule has 188 valence electrons. The van der Waals surface area contributed by atoms with Gasteiger partial charge in [-0.15, -0.1) is 0 Å². The number of esters is 1. The molecule has 3 rings (SSSR count). The maximum atomic E-state index is 12.6. The Balaban J connectivity index is 1.36. The Hall–Kier alpha value is -2.88. The Kier molecular flexibility index (Phi) is 9.93. The van der Waals surface area contributed by atoms with Crippen molar-refractivity contribution >= 4 is 23.8 Å². The molecule has 1 saturated heterocycles. The first-order valence-corrected chi connectivity index (χ1v) is 12.2. The zero-order chi connectivity index (χ0) is 24.3. The van der Waals surface area contributed by atoms with Gasteiger partial charge in [0, 0.05) is 18.8 Å². The zero-order valence-electron chi connectivity index (χ0n) is 19.9. The Morgan fingerprint density at radius 3 is 2.85 bits per heavy atom. The lowest BCUT2D eigenvalue weighted by molar-refractivity contribution is -0.146. The fourth-order valence-electron chi connectivity index (χ4n) is 4.40. The minimum absolute atomic E-state index is 0.0266. The number of nitrogens with zero attached hydrogens (tertiary/aromatic N) is 2. The van der Waals surface area contributed by atoms with Crippen molar-refractivity contribution < 1.29 is 29.0 Å². The number of morpholine rings is 1. The van der Waals surface area contributed by atoms with E-state index >= 15 is 0 Å². The number of hydrogen-bond donors (Lipinski definition) is 3. The van der Waals surface area contributed by atoms with Gasteiger partial charge in [-0.25, -0.2) is 14.6 Å². The van der Waals surface area contributed by atoms with Gasteiger partial charge in [-0.1, -0.05) is 31.7 Å². The molecule has 1 fully saturated rings. The molecule has 0 bridgehead atoms. The second kappa shape index (κ2) is 13.1. The molecule has 0 spiro atoms. The molecule has 2 atom stereocenters. The van der Waals surface area contributed by atoms with Crippen LogP contribution in [0.15, 0.2) is 12.1 Å². The number of hydrogen-bond acceptors (Lipinski definition) is 7. The average Bonchev–Trinajstić information content (AvgIpc) is 2.86. The number of carbonyl (C=O) groups excluding carboxylic acids is 2. The number of aromatic nitrogens is 1. The molecular formula is C24H36N4O6. The van der Waals surface area contributed by atoms with E-state index in [4.69, 9.17) is 14.5 Å². The van der Waals surface area contributed by atoms with E-state index in [9.17, 15) is 19.5 Å². The van der Waals surface area contributed by atoms with Crippen molar-refractivity contribution in [3.63, 3.8) is 0 Å². The maximum Gasteiger partial charge on any atom is 0.408 e. The molecule has 34 heavy (non-hydrogen) atoms. The largest absolute Gasteiger partial charge is 0.467 e. The SMILES string of the molecule is COC(=O)C(CCCCCCCc1ccc2c(n1)NCCC2)NC(=O)C1COCCN1C(=O)O. The Bertz CT molecular complexity index is 849. The molecule has 1 aromatic heterocycles. The van der Waals surface area contributed by atoms with Crippen LogP contribution in [0, 0.1) is 0 Å². The van der Waals surface area contributed by atoms with Gasteiger partial charge in [-0.05, 0) is 43.7 Å². The molecule has 10 nitrogen and oxygen atoms in total. The van der Waals surface area contributed by atoms with E-state index in [1.165, 1.54) is 12.7 Å². The minimum Gasteiger partial charge on any atom is -0.467 e. The van der Waals surface area contributed by atoms with Crippen molar-refractivity contribution in [2.75, 3.05) is 38.7 Å². The molecule has 0 aromatic carbocycles. The molecule has 1 aromatic rings. The number of rotatable bonds is 11. The van der Waals surface area contributed by atoms with Crippen LogP contribution in [-0.2, 0) is 31.9 Å². The molecule has 0 aliphatic carbocycles. The highest BCUT2D eigenvalue weighted by Crippen LogP contribution is 2.20. The molecule has 2 amide bonds. The second-order valence-corrected chi connectivity index (χ2v) is 8.80. The molecule has 3 N–H and O–H groups in total. The number of amides is 2. The first-order chi connectivity index (χ1) is 16.5. The second-order valence-electron chi connectivity index (χ2n) is 8.80. The van der Waals surface area contributed by atoms with E-state index in [2.05, 4.69) is 22.8 Å². The number of anilines is 1. The van der Waals surface area contributed by atoms with E-state index in [0.29, 0.717) is 6.42 Å². The Morgan fingerprint density at radius 1 is 1.26 bits per heavy atom. The molecule has 3 heterocycles. The third-order valence-electron chi connectivity index (χ3n) is 6.36. The molecule has 2 aliphatic heterocycles. The van der Waals surface area contributed by atoms with E-state index < -0.39 is 30.1 Å². The normalized spacial score (nSPS) is 18.4. The van der Waals surface area contributed by atoms with Gasteiger partial charge in [0.2, 0.25) is 5.91 Å². The highest BCUT2D eigenvalue weighted by Gasteiger charge is 2.35. The number of fused-ring (bicyclic) bond motifs is 1. The molecule has 2 aliphatic rings. The van der Waals surface area contributed by atoms with Crippen molar-refractivity contribution in [2.45, 2.75) is 69.9 Å². The van der Waals surface area contributed by atoms with Crippen LogP contribution >= 0.6 is 0 Å². The molecule has 0 saturated carbocycles. The first-order valence-electron chi connectivity index (χ1n) is 12.2. The van der Waals surface area contributed by atoms with Crippen LogP contribution in [0.5, 0.6) is 0 Å². The third kappa shape index (κ3) is 7.31. The van der Waals surface area contributed by atoms with Crippen LogP contribution in [0.4, 0.5) is 10.6 Å². The molecule has 0 radical (unpaired) electrons. The summed E-state index contributed by atoms with van der Waals surface area (Å²) in [5, 5.41) is 15.3. The average molecular weight is 477 g/mol. The lowest BCUT2D eigenvalue weighted by Gasteiger charge is -2.33. The lowest BCUT2D eigenvalue weighted by atomic mass is 10.0. The maximum absolute atomic E-state index is 12.6. The van der Waals surface area contributed by atoms with Crippen molar-refractivity contribution in [3.8, 4) is 0 Å². The standard InChI is InChI=1S/C24H36N4O6/c1-33-23(30)19(27-22(29)20-16-34-15-14-28(20)24(31)32)10-6-4-2-3-5-9-18-12-11-17-8-7-13-25-21(17)26-18/h11-12,19-20H,2-10,13-16H2,1H3,(H,25,26)(H,27,29)(H,31,32). The topological polar surface area (TPSA) is 130 Å². The number of aryl methyl sites for hydroxylation is 2. The van der Waals surface area contributed by atoms with E-state index in [1.54, 1.807) is 0 Å². The molecule has 2 unspecified atom stereocenters. The lowest BCUT2D eigenvalue weighted by Crippen LogP contribution is -2.57. The van der Waals surface area contributed by atoms with Crippen LogP contribution < -0.4 is 10.6 Å². The minimum atomic E-state index is -1.18. The summed E-state index contributed by atoms with van der Waals surface area (Å²) in [6.07, 6.45) is 7.27. The summed E-state index contributed by atoms with van der Waals surface area (Å²) in [5.41, 5.74) is 2.41. The predicted octanol–water partition coefficient (Wildman–Crippen LogP) is 2.36. The smallest absolute Gasteiger partial charge is 0.408 e. The zero-order valence-corrected chi connectivity index (χ0v) is 19.9. The van der Waals surface area contributed by atoms with Crippen LogP contribution in [0.1, 0.15) is 56.2 Å². The van der Waals surface area contributed by atoms with Gasteiger partial charge in [0.1, 0.15) is 17.9 Å².